The summed E-state index contributed by atoms with van der Waals surface area (Å²) in [6.07, 6.45) is -0.106. The van der Waals surface area contributed by atoms with Crippen LogP contribution in [0, 0.1) is 5.82 Å². The minimum atomic E-state index is -0.448. The summed E-state index contributed by atoms with van der Waals surface area (Å²) in [5.41, 5.74) is 0.838. The van der Waals surface area contributed by atoms with Gasteiger partial charge in [0.15, 0.2) is 5.69 Å². The number of rotatable bonds is 3. The van der Waals surface area contributed by atoms with E-state index in [1.807, 2.05) is 13.8 Å². The van der Waals surface area contributed by atoms with Gasteiger partial charge in [0.1, 0.15) is 11.5 Å². The van der Waals surface area contributed by atoms with E-state index in [1.54, 1.807) is 15.6 Å². The molecule has 1 saturated heterocycles. The first kappa shape index (κ1) is 19.8. The number of halogens is 2. The minimum Gasteiger partial charge on any atom is -0.372 e. The van der Waals surface area contributed by atoms with Crippen LogP contribution in [0.5, 0.6) is 0 Å². The maximum atomic E-state index is 14.1. The van der Waals surface area contributed by atoms with Crippen molar-refractivity contribution in [2.45, 2.75) is 39.1 Å². The average Bonchev–Trinajstić information content (AvgIpc) is 3.10. The van der Waals surface area contributed by atoms with Crippen LogP contribution in [-0.2, 0) is 17.8 Å². The van der Waals surface area contributed by atoms with Gasteiger partial charge in [-0.1, -0.05) is 17.7 Å². The van der Waals surface area contributed by atoms with Gasteiger partial charge in [-0.15, -0.1) is 0 Å². The zero-order chi connectivity index (χ0) is 20.7. The van der Waals surface area contributed by atoms with Crippen molar-refractivity contribution in [1.29, 1.82) is 0 Å². The van der Waals surface area contributed by atoms with Crippen LogP contribution in [0.1, 0.15) is 40.4 Å². The van der Waals surface area contributed by atoms with Gasteiger partial charge in [-0.2, -0.15) is 5.10 Å². The highest BCUT2D eigenvalue weighted by Crippen LogP contribution is 2.24. The molecule has 2 amide bonds. The van der Waals surface area contributed by atoms with E-state index >= 15 is 0 Å². The molecule has 2 aliphatic heterocycles. The van der Waals surface area contributed by atoms with Crippen LogP contribution >= 0.6 is 11.6 Å². The molecule has 0 N–H and O–H groups in total. The quantitative estimate of drug-likeness (QED) is 0.765. The number of hydrogen-bond acceptors (Lipinski definition) is 4. The van der Waals surface area contributed by atoms with Gasteiger partial charge in [-0.3, -0.25) is 14.3 Å². The van der Waals surface area contributed by atoms with Crippen molar-refractivity contribution in [3.05, 3.63) is 52.1 Å². The molecule has 1 fully saturated rings. The molecular weight excluding hydrogens is 399 g/mol. The van der Waals surface area contributed by atoms with E-state index in [1.165, 1.54) is 23.1 Å². The molecule has 2 atom stereocenters. The summed E-state index contributed by atoms with van der Waals surface area (Å²) in [7, 11) is 0. The van der Waals surface area contributed by atoms with Crippen LogP contribution in [-0.4, -0.2) is 63.2 Å². The number of carbonyl (C=O) groups is 2. The van der Waals surface area contributed by atoms with Crippen LogP contribution in [0.15, 0.2) is 24.3 Å². The van der Waals surface area contributed by atoms with Crippen molar-refractivity contribution in [2.75, 3.05) is 19.6 Å². The largest absolute Gasteiger partial charge is 0.372 e. The summed E-state index contributed by atoms with van der Waals surface area (Å²) >= 11 is 6.10. The molecule has 0 aliphatic carbocycles. The Labute approximate surface area is 173 Å². The first-order valence-electron chi connectivity index (χ1n) is 9.58. The molecule has 29 heavy (non-hydrogen) atoms. The van der Waals surface area contributed by atoms with Gasteiger partial charge in [0.2, 0.25) is 0 Å². The third-order valence-electron chi connectivity index (χ3n) is 5.20. The number of ether oxygens (including phenoxy) is 1. The fourth-order valence-electron chi connectivity index (χ4n) is 3.87. The lowest BCUT2D eigenvalue weighted by atomic mass is 10.1. The molecule has 1 aromatic carbocycles. The second-order valence-electron chi connectivity index (χ2n) is 7.53. The van der Waals surface area contributed by atoms with Gasteiger partial charge in [-0.05, 0) is 26.0 Å². The second kappa shape index (κ2) is 7.76. The fourth-order valence-corrected chi connectivity index (χ4v) is 4.10. The Morgan fingerprint density at radius 3 is 2.69 bits per heavy atom. The predicted octanol–water partition coefficient (Wildman–Crippen LogP) is 2.58. The molecule has 3 heterocycles. The van der Waals surface area contributed by atoms with Crippen molar-refractivity contribution in [3.63, 3.8) is 0 Å². The normalized spacial score (nSPS) is 22.0. The van der Waals surface area contributed by atoms with Crippen molar-refractivity contribution in [1.82, 2.24) is 19.6 Å². The lowest BCUT2D eigenvalue weighted by Crippen LogP contribution is -2.48. The van der Waals surface area contributed by atoms with Crippen molar-refractivity contribution in [2.24, 2.45) is 0 Å². The standard InChI is InChI=1S/C20H22ClFN4O3/c1-12-9-25(10-13(2)29-12)19(27)17-8-18-20(28)24(6-7-26(18)23-17)11-14-15(21)4-3-5-16(14)22/h3-5,8,12-13H,6-7,9-11H2,1-2H3/t12-,13+. The van der Waals surface area contributed by atoms with E-state index in [0.29, 0.717) is 31.9 Å². The van der Waals surface area contributed by atoms with Gasteiger partial charge in [0.05, 0.1) is 25.3 Å². The Bertz CT molecular complexity index is 933. The van der Waals surface area contributed by atoms with Crippen LogP contribution < -0.4 is 0 Å². The predicted molar refractivity (Wildman–Crippen MR) is 104 cm³/mol. The number of amides is 2. The summed E-state index contributed by atoms with van der Waals surface area (Å²) in [6, 6.07) is 5.96. The van der Waals surface area contributed by atoms with Crippen LogP contribution in [0.2, 0.25) is 5.02 Å². The van der Waals surface area contributed by atoms with Gasteiger partial charge in [-0.25, -0.2) is 4.39 Å². The molecule has 7 nitrogen and oxygen atoms in total. The van der Waals surface area contributed by atoms with Crippen LogP contribution in [0.3, 0.4) is 0 Å². The van der Waals surface area contributed by atoms with Gasteiger partial charge < -0.3 is 14.5 Å². The highest BCUT2D eigenvalue weighted by atomic mass is 35.5. The molecule has 154 valence electrons. The molecular formula is C20H22ClFN4O3. The van der Waals surface area contributed by atoms with Crippen molar-refractivity contribution in [3.8, 4) is 0 Å². The van der Waals surface area contributed by atoms with E-state index < -0.39 is 5.82 Å². The Morgan fingerprint density at radius 2 is 2.00 bits per heavy atom. The van der Waals surface area contributed by atoms with Gasteiger partial charge in [0, 0.05) is 36.3 Å². The number of benzene rings is 1. The zero-order valence-electron chi connectivity index (χ0n) is 16.3. The summed E-state index contributed by atoms with van der Waals surface area (Å²) in [5.74, 6) is -0.966. The maximum Gasteiger partial charge on any atom is 0.274 e. The average molecular weight is 421 g/mol. The number of aromatic nitrogens is 2. The Balaban J connectivity index is 1.53. The van der Waals surface area contributed by atoms with E-state index in [9.17, 15) is 14.0 Å². The van der Waals surface area contributed by atoms with Gasteiger partial charge in [0.25, 0.3) is 11.8 Å². The summed E-state index contributed by atoms with van der Waals surface area (Å²) in [5, 5.41) is 4.62. The molecule has 2 aromatic rings. The highest BCUT2D eigenvalue weighted by Gasteiger charge is 2.32. The number of fused-ring (bicyclic) bond motifs is 1. The van der Waals surface area contributed by atoms with Crippen LogP contribution in [0.25, 0.3) is 0 Å². The summed E-state index contributed by atoms with van der Waals surface area (Å²) in [6.45, 7) is 5.66. The van der Waals surface area contributed by atoms with E-state index in [2.05, 4.69) is 5.10 Å². The zero-order valence-corrected chi connectivity index (χ0v) is 17.0. The molecule has 0 radical (unpaired) electrons. The number of morpholine rings is 1. The molecule has 1 aromatic heterocycles. The van der Waals surface area contributed by atoms with E-state index in [-0.39, 0.29) is 46.8 Å². The lowest BCUT2D eigenvalue weighted by Gasteiger charge is -2.34. The monoisotopic (exact) mass is 420 g/mol. The first-order chi connectivity index (χ1) is 13.8. The van der Waals surface area contributed by atoms with Gasteiger partial charge >= 0.3 is 0 Å². The molecule has 9 heteroatoms. The number of hydrogen-bond donors (Lipinski definition) is 0. The third kappa shape index (κ3) is 3.86. The smallest absolute Gasteiger partial charge is 0.274 e. The minimum absolute atomic E-state index is 0.0532. The van der Waals surface area contributed by atoms with Crippen molar-refractivity contribution >= 4 is 23.4 Å². The van der Waals surface area contributed by atoms with E-state index in [4.69, 9.17) is 16.3 Å². The summed E-state index contributed by atoms with van der Waals surface area (Å²) < 4.78 is 21.3. The Hall–Kier alpha value is -2.45. The molecule has 0 saturated carbocycles. The molecule has 0 bridgehead atoms. The topological polar surface area (TPSA) is 67.7 Å². The number of nitrogens with zero attached hydrogens (tertiary/aromatic N) is 4. The maximum absolute atomic E-state index is 14.1. The molecule has 0 unspecified atom stereocenters. The number of carbonyl (C=O) groups excluding carboxylic acids is 2. The third-order valence-corrected chi connectivity index (χ3v) is 5.56. The molecule has 2 aliphatic rings. The lowest BCUT2D eigenvalue weighted by molar-refractivity contribution is -0.0587. The first-order valence-corrected chi connectivity index (χ1v) is 9.96. The van der Waals surface area contributed by atoms with Crippen molar-refractivity contribution < 1.29 is 18.7 Å². The summed E-state index contributed by atoms with van der Waals surface area (Å²) in [4.78, 5) is 29.0. The molecule has 4 rings (SSSR count). The Morgan fingerprint density at radius 1 is 1.28 bits per heavy atom. The van der Waals surface area contributed by atoms with Crippen LogP contribution in [0.4, 0.5) is 4.39 Å². The Kier molecular flexibility index (Phi) is 5.31. The fraction of sp³-hybridized carbons (Fsp3) is 0.450. The SMILES string of the molecule is C[C@@H]1CN(C(=O)c2cc3n(n2)CCN(Cc2c(F)cccc2Cl)C3=O)C[C@H](C)O1. The van der Waals surface area contributed by atoms with E-state index in [0.717, 1.165) is 0 Å². The highest BCUT2D eigenvalue weighted by molar-refractivity contribution is 6.31. The second-order valence-corrected chi connectivity index (χ2v) is 7.94. The molecule has 0 spiro atoms.